The Morgan fingerprint density at radius 3 is 2.43 bits per heavy atom. The minimum Gasteiger partial charge on any atom is -0.478 e. The standard InChI is InChI=1S/C12H13F2N3O4/c1-15-10(18)2-3-16-12(21)17-9-4-6(11(19)20)7(13)5-8(9)14/h4-5H,2-3H2,1H3,(H,15,18)(H,19,20)(H2,16,17,21). The molecule has 0 bridgehead atoms. The first-order valence-electron chi connectivity index (χ1n) is 5.83. The van der Waals surface area contributed by atoms with Gasteiger partial charge in [0.25, 0.3) is 0 Å². The van der Waals surface area contributed by atoms with E-state index in [9.17, 15) is 23.2 Å². The van der Waals surface area contributed by atoms with Crippen molar-refractivity contribution in [3.05, 3.63) is 29.3 Å². The molecule has 0 atom stereocenters. The molecule has 1 rings (SSSR count). The van der Waals surface area contributed by atoms with Gasteiger partial charge in [-0.2, -0.15) is 0 Å². The van der Waals surface area contributed by atoms with Crippen LogP contribution in [0.4, 0.5) is 19.3 Å². The van der Waals surface area contributed by atoms with Crippen molar-refractivity contribution >= 4 is 23.6 Å². The van der Waals surface area contributed by atoms with E-state index in [2.05, 4.69) is 10.6 Å². The van der Waals surface area contributed by atoms with Crippen LogP contribution in [0, 0.1) is 11.6 Å². The molecule has 0 unspecified atom stereocenters. The van der Waals surface area contributed by atoms with Gasteiger partial charge >= 0.3 is 12.0 Å². The summed E-state index contributed by atoms with van der Waals surface area (Å²) in [6.45, 7) is 0.000107. The summed E-state index contributed by atoms with van der Waals surface area (Å²) in [4.78, 5) is 33.1. The number of benzene rings is 1. The lowest BCUT2D eigenvalue weighted by atomic mass is 10.2. The summed E-state index contributed by atoms with van der Waals surface area (Å²) >= 11 is 0. The third kappa shape index (κ3) is 4.71. The maximum absolute atomic E-state index is 13.4. The van der Waals surface area contributed by atoms with Gasteiger partial charge in [-0.15, -0.1) is 0 Å². The number of hydrogen-bond acceptors (Lipinski definition) is 3. The van der Waals surface area contributed by atoms with E-state index in [4.69, 9.17) is 5.11 Å². The molecule has 0 aliphatic carbocycles. The summed E-state index contributed by atoms with van der Waals surface area (Å²) in [6.07, 6.45) is 0.0240. The summed E-state index contributed by atoms with van der Waals surface area (Å²) in [6, 6.07) is 0.190. The first-order chi connectivity index (χ1) is 9.85. The van der Waals surface area contributed by atoms with Gasteiger partial charge in [-0.25, -0.2) is 18.4 Å². The molecular weight excluding hydrogens is 288 g/mol. The van der Waals surface area contributed by atoms with Gasteiger partial charge in [-0.1, -0.05) is 0 Å². The zero-order valence-corrected chi connectivity index (χ0v) is 11.0. The van der Waals surface area contributed by atoms with Gasteiger partial charge in [-0.3, -0.25) is 4.79 Å². The highest BCUT2D eigenvalue weighted by molar-refractivity contribution is 5.93. The third-order valence-corrected chi connectivity index (χ3v) is 2.45. The SMILES string of the molecule is CNC(=O)CCNC(=O)Nc1cc(C(=O)O)c(F)cc1F. The second-order valence-corrected chi connectivity index (χ2v) is 3.92. The van der Waals surface area contributed by atoms with Crippen LogP contribution in [0.15, 0.2) is 12.1 Å². The summed E-state index contributed by atoms with van der Waals surface area (Å²) in [5, 5.41) is 15.4. The molecule has 0 spiro atoms. The van der Waals surface area contributed by atoms with E-state index < -0.39 is 34.9 Å². The highest BCUT2D eigenvalue weighted by Crippen LogP contribution is 2.19. The molecule has 0 aliphatic rings. The fourth-order valence-electron chi connectivity index (χ4n) is 1.39. The molecule has 9 heteroatoms. The molecule has 0 aromatic heterocycles. The van der Waals surface area contributed by atoms with Gasteiger partial charge in [0.2, 0.25) is 5.91 Å². The molecule has 4 N–H and O–H groups in total. The van der Waals surface area contributed by atoms with Gasteiger partial charge in [0.1, 0.15) is 11.6 Å². The smallest absolute Gasteiger partial charge is 0.338 e. The number of anilines is 1. The van der Waals surface area contributed by atoms with Gasteiger partial charge in [0, 0.05) is 26.1 Å². The Labute approximate surface area is 118 Å². The summed E-state index contributed by atoms with van der Waals surface area (Å²) in [5.74, 6) is -4.24. The van der Waals surface area contributed by atoms with Crippen molar-refractivity contribution in [1.29, 1.82) is 0 Å². The molecule has 3 amide bonds. The number of halogens is 2. The van der Waals surface area contributed by atoms with Crippen LogP contribution in [-0.2, 0) is 4.79 Å². The lowest BCUT2D eigenvalue weighted by molar-refractivity contribution is -0.120. The second-order valence-electron chi connectivity index (χ2n) is 3.92. The number of aromatic carboxylic acids is 1. The monoisotopic (exact) mass is 301 g/mol. The number of urea groups is 1. The predicted octanol–water partition coefficient (Wildman–Crippen LogP) is 0.921. The van der Waals surface area contributed by atoms with E-state index in [-0.39, 0.29) is 18.9 Å². The minimum absolute atomic E-state index is 0.000107. The van der Waals surface area contributed by atoms with Crippen LogP contribution in [0.1, 0.15) is 16.8 Å². The van der Waals surface area contributed by atoms with Crippen molar-refractivity contribution in [3.8, 4) is 0 Å². The number of rotatable bonds is 5. The van der Waals surface area contributed by atoms with Gasteiger partial charge in [0.05, 0.1) is 11.3 Å². The zero-order chi connectivity index (χ0) is 16.0. The Balaban J connectivity index is 2.70. The van der Waals surface area contributed by atoms with Crippen molar-refractivity contribution in [1.82, 2.24) is 10.6 Å². The summed E-state index contributed by atoms with van der Waals surface area (Å²) < 4.78 is 26.6. The fourth-order valence-corrected chi connectivity index (χ4v) is 1.39. The lowest BCUT2D eigenvalue weighted by Crippen LogP contribution is -2.32. The van der Waals surface area contributed by atoms with Gasteiger partial charge < -0.3 is 21.1 Å². The van der Waals surface area contributed by atoms with Crippen LogP contribution >= 0.6 is 0 Å². The predicted molar refractivity (Wildman–Crippen MR) is 69.0 cm³/mol. The molecular formula is C12H13F2N3O4. The molecule has 7 nitrogen and oxygen atoms in total. The minimum atomic E-state index is -1.59. The Bertz CT molecular complexity index is 578. The maximum atomic E-state index is 13.4. The molecule has 0 fully saturated rings. The van der Waals surface area contributed by atoms with E-state index in [1.807, 2.05) is 5.32 Å². The summed E-state index contributed by atoms with van der Waals surface area (Å²) in [5.41, 5.74) is -1.25. The molecule has 0 saturated carbocycles. The zero-order valence-electron chi connectivity index (χ0n) is 11.0. The molecule has 0 radical (unpaired) electrons. The first kappa shape index (κ1) is 16.3. The number of nitrogens with one attached hydrogen (secondary N) is 3. The average molecular weight is 301 g/mol. The molecule has 0 aliphatic heterocycles. The normalized spacial score (nSPS) is 9.86. The van der Waals surface area contributed by atoms with Crippen LogP contribution in [-0.4, -0.2) is 36.6 Å². The van der Waals surface area contributed by atoms with E-state index in [0.29, 0.717) is 12.1 Å². The Morgan fingerprint density at radius 1 is 1.19 bits per heavy atom. The van der Waals surface area contributed by atoms with Gasteiger partial charge in [0.15, 0.2) is 0 Å². The van der Waals surface area contributed by atoms with Crippen molar-refractivity contribution in [2.24, 2.45) is 0 Å². The lowest BCUT2D eigenvalue weighted by Gasteiger charge is -2.09. The largest absolute Gasteiger partial charge is 0.478 e. The Hall–Kier alpha value is -2.71. The van der Waals surface area contributed by atoms with Crippen LogP contribution in [0.5, 0.6) is 0 Å². The molecule has 1 aromatic carbocycles. The number of amides is 3. The number of carbonyl (C=O) groups excluding carboxylic acids is 2. The second kappa shape index (κ2) is 7.17. The third-order valence-electron chi connectivity index (χ3n) is 2.45. The number of carbonyl (C=O) groups is 3. The topological polar surface area (TPSA) is 108 Å². The van der Waals surface area contributed by atoms with Crippen molar-refractivity contribution < 1.29 is 28.3 Å². The van der Waals surface area contributed by atoms with Gasteiger partial charge in [-0.05, 0) is 6.07 Å². The van der Waals surface area contributed by atoms with Crippen molar-refractivity contribution in [2.45, 2.75) is 6.42 Å². The number of hydrogen-bond donors (Lipinski definition) is 4. The first-order valence-corrected chi connectivity index (χ1v) is 5.83. The van der Waals surface area contributed by atoms with Crippen LogP contribution in [0.2, 0.25) is 0 Å². The van der Waals surface area contributed by atoms with E-state index in [0.717, 1.165) is 0 Å². The quantitative estimate of drug-likeness (QED) is 0.648. The highest BCUT2D eigenvalue weighted by atomic mass is 19.1. The Morgan fingerprint density at radius 2 is 1.86 bits per heavy atom. The number of carboxylic acid groups (broad SMARTS) is 1. The highest BCUT2D eigenvalue weighted by Gasteiger charge is 2.16. The van der Waals surface area contributed by atoms with Crippen LogP contribution < -0.4 is 16.0 Å². The van der Waals surface area contributed by atoms with Crippen molar-refractivity contribution in [2.75, 3.05) is 18.9 Å². The fraction of sp³-hybridized carbons (Fsp3) is 0.250. The molecule has 1 aromatic rings. The van der Waals surface area contributed by atoms with Crippen LogP contribution in [0.25, 0.3) is 0 Å². The van der Waals surface area contributed by atoms with E-state index in [1.54, 1.807) is 0 Å². The average Bonchev–Trinajstić information content (AvgIpc) is 2.41. The van der Waals surface area contributed by atoms with Crippen LogP contribution in [0.3, 0.4) is 0 Å². The molecule has 21 heavy (non-hydrogen) atoms. The number of carboxylic acids is 1. The molecule has 114 valence electrons. The van der Waals surface area contributed by atoms with Crippen molar-refractivity contribution in [3.63, 3.8) is 0 Å². The molecule has 0 saturated heterocycles. The van der Waals surface area contributed by atoms with E-state index in [1.165, 1.54) is 7.05 Å². The Kier molecular flexibility index (Phi) is 5.58. The maximum Gasteiger partial charge on any atom is 0.338 e. The molecule has 0 heterocycles. The van der Waals surface area contributed by atoms with E-state index >= 15 is 0 Å². The summed E-state index contributed by atoms with van der Waals surface area (Å²) in [7, 11) is 1.43.